The Morgan fingerprint density at radius 1 is 1.19 bits per heavy atom. The van der Waals surface area contributed by atoms with Crippen LogP contribution in [0.1, 0.15) is 53.2 Å². The van der Waals surface area contributed by atoms with E-state index in [0.29, 0.717) is 12.6 Å². The normalized spacial score (nSPS) is 17.1. The molecule has 1 amide bonds. The predicted molar refractivity (Wildman–Crippen MR) is 129 cm³/mol. The Morgan fingerprint density at radius 3 is 2.45 bits per heavy atom. The molecule has 0 spiro atoms. The number of hydrogen-bond donors (Lipinski definition) is 0. The van der Waals surface area contributed by atoms with Crippen LogP contribution in [0.25, 0.3) is 6.08 Å². The fourth-order valence-corrected chi connectivity index (χ4v) is 4.66. The molecule has 1 fully saturated rings. The molecule has 4 nitrogen and oxygen atoms in total. The van der Waals surface area contributed by atoms with Gasteiger partial charge >= 0.3 is 0 Å². The molecule has 0 radical (unpaired) electrons. The first-order chi connectivity index (χ1) is 14.9. The van der Waals surface area contributed by atoms with E-state index >= 15 is 0 Å². The first kappa shape index (κ1) is 23.1. The van der Waals surface area contributed by atoms with Gasteiger partial charge in [0, 0.05) is 24.7 Å². The van der Waals surface area contributed by atoms with Gasteiger partial charge in [0.05, 0.1) is 7.11 Å². The van der Waals surface area contributed by atoms with Gasteiger partial charge in [-0.1, -0.05) is 42.0 Å². The molecule has 2 aromatic rings. The molecule has 4 heteroatoms. The summed E-state index contributed by atoms with van der Waals surface area (Å²) in [6.07, 6.45) is 5.65. The minimum atomic E-state index is 0.0929. The Morgan fingerprint density at radius 2 is 1.87 bits per heavy atom. The lowest BCUT2D eigenvalue weighted by atomic mass is 10.0. The highest BCUT2D eigenvalue weighted by Gasteiger charge is 2.24. The average Bonchev–Trinajstić information content (AvgIpc) is 3.15. The predicted octanol–water partition coefficient (Wildman–Crippen LogP) is 5.34. The number of methoxy groups -OCH3 is 1. The maximum Gasteiger partial charge on any atom is 0.254 e. The van der Waals surface area contributed by atoms with Crippen LogP contribution in [0.4, 0.5) is 0 Å². The molecule has 1 unspecified atom stereocenters. The van der Waals surface area contributed by atoms with Crippen LogP contribution in [0.5, 0.6) is 5.75 Å². The second-order valence-corrected chi connectivity index (χ2v) is 8.84. The first-order valence-electron chi connectivity index (χ1n) is 11.3. The molecule has 0 N–H and O–H groups in total. The van der Waals surface area contributed by atoms with Crippen molar-refractivity contribution in [2.45, 2.75) is 46.1 Å². The third kappa shape index (κ3) is 5.98. The van der Waals surface area contributed by atoms with Crippen LogP contribution >= 0.6 is 0 Å². The van der Waals surface area contributed by atoms with Crippen LogP contribution < -0.4 is 4.74 Å². The van der Waals surface area contributed by atoms with Crippen LogP contribution in [0.2, 0.25) is 0 Å². The van der Waals surface area contributed by atoms with Gasteiger partial charge in [0.1, 0.15) is 5.75 Å². The zero-order valence-electron chi connectivity index (χ0n) is 19.6. The van der Waals surface area contributed by atoms with Crippen molar-refractivity contribution in [2.75, 3.05) is 33.8 Å². The van der Waals surface area contributed by atoms with Crippen LogP contribution in [0.3, 0.4) is 0 Å². The lowest BCUT2D eigenvalue weighted by Crippen LogP contribution is -2.37. The standard InChI is InChI=1S/C27H36N2O2/c1-20(16-23-10-7-6-8-11-23)19-29(15-13-25-12-9-14-28(25)4)27(30)24-17-21(2)26(31-5)22(3)18-24/h6-8,10-11,16-18,25H,9,12-15,19H2,1-5H3/b20-16+. The minimum absolute atomic E-state index is 0.0929. The molecule has 0 aromatic heterocycles. The molecule has 0 aliphatic carbocycles. The van der Waals surface area contributed by atoms with Crippen LogP contribution in [-0.2, 0) is 0 Å². The SMILES string of the molecule is COc1c(C)cc(C(=O)N(CCC2CCCN2C)C/C(C)=C/c2ccccc2)cc1C. The summed E-state index contributed by atoms with van der Waals surface area (Å²) < 4.78 is 5.49. The van der Waals surface area contributed by atoms with Crippen molar-refractivity contribution in [3.63, 3.8) is 0 Å². The summed E-state index contributed by atoms with van der Waals surface area (Å²) in [4.78, 5) is 18.0. The molecule has 1 aliphatic rings. The van der Waals surface area contributed by atoms with Gasteiger partial charge < -0.3 is 14.5 Å². The number of rotatable bonds is 8. The van der Waals surface area contributed by atoms with Gasteiger partial charge in [-0.05, 0) is 82.4 Å². The summed E-state index contributed by atoms with van der Waals surface area (Å²) in [5.74, 6) is 0.950. The number of likely N-dealkylation sites (tertiary alicyclic amines) is 1. The molecule has 3 rings (SSSR count). The number of benzene rings is 2. The summed E-state index contributed by atoms with van der Waals surface area (Å²) in [5.41, 5.74) is 5.08. The number of hydrogen-bond acceptors (Lipinski definition) is 3. The lowest BCUT2D eigenvalue weighted by molar-refractivity contribution is 0.0757. The van der Waals surface area contributed by atoms with Crippen molar-refractivity contribution in [2.24, 2.45) is 0 Å². The van der Waals surface area contributed by atoms with Crippen molar-refractivity contribution in [1.29, 1.82) is 0 Å². The molecule has 1 saturated heterocycles. The summed E-state index contributed by atoms with van der Waals surface area (Å²) >= 11 is 0. The topological polar surface area (TPSA) is 32.8 Å². The smallest absolute Gasteiger partial charge is 0.254 e. The maximum absolute atomic E-state index is 13.6. The summed E-state index contributed by atoms with van der Waals surface area (Å²) in [5, 5.41) is 0. The Balaban J connectivity index is 1.82. The molecular formula is C27H36N2O2. The number of ether oxygens (including phenoxy) is 1. The minimum Gasteiger partial charge on any atom is -0.496 e. The highest BCUT2D eigenvalue weighted by molar-refractivity contribution is 5.95. The van der Waals surface area contributed by atoms with E-state index in [1.807, 2.05) is 49.1 Å². The third-order valence-electron chi connectivity index (χ3n) is 6.26. The molecule has 166 valence electrons. The molecule has 2 aromatic carbocycles. The van der Waals surface area contributed by atoms with Gasteiger partial charge in [0.2, 0.25) is 0 Å². The van der Waals surface area contributed by atoms with Crippen molar-refractivity contribution in [3.8, 4) is 5.75 Å². The van der Waals surface area contributed by atoms with Gasteiger partial charge in [-0.25, -0.2) is 0 Å². The van der Waals surface area contributed by atoms with Crippen LogP contribution in [0, 0.1) is 13.8 Å². The third-order valence-corrected chi connectivity index (χ3v) is 6.26. The molecule has 1 atom stereocenters. The van der Waals surface area contributed by atoms with Crippen molar-refractivity contribution in [3.05, 3.63) is 70.3 Å². The van der Waals surface area contributed by atoms with E-state index in [4.69, 9.17) is 4.74 Å². The van der Waals surface area contributed by atoms with Gasteiger partial charge in [0.15, 0.2) is 0 Å². The second kappa shape index (κ2) is 10.6. The molecule has 1 aliphatic heterocycles. The Bertz CT molecular complexity index is 897. The van der Waals surface area contributed by atoms with Gasteiger partial charge in [-0.2, -0.15) is 0 Å². The monoisotopic (exact) mass is 420 g/mol. The summed E-state index contributed by atoms with van der Waals surface area (Å²) in [6, 6.07) is 14.8. The second-order valence-electron chi connectivity index (χ2n) is 8.84. The lowest BCUT2D eigenvalue weighted by Gasteiger charge is -2.27. The summed E-state index contributed by atoms with van der Waals surface area (Å²) in [7, 11) is 3.87. The maximum atomic E-state index is 13.6. The van der Waals surface area contributed by atoms with Crippen LogP contribution in [0.15, 0.2) is 48.0 Å². The number of aryl methyl sites for hydroxylation is 2. The molecular weight excluding hydrogens is 384 g/mol. The van der Waals surface area contributed by atoms with Crippen molar-refractivity contribution in [1.82, 2.24) is 9.80 Å². The Kier molecular flexibility index (Phi) is 7.91. The van der Waals surface area contributed by atoms with Crippen molar-refractivity contribution >= 4 is 12.0 Å². The average molecular weight is 421 g/mol. The summed E-state index contributed by atoms with van der Waals surface area (Å²) in [6.45, 7) is 8.66. The fraction of sp³-hybridized carbons (Fsp3) is 0.444. The molecule has 0 bridgehead atoms. The van der Waals surface area contributed by atoms with Crippen LogP contribution in [-0.4, -0.2) is 55.5 Å². The Labute approximate surface area is 187 Å². The number of amides is 1. The zero-order valence-corrected chi connectivity index (χ0v) is 19.6. The van der Waals surface area contributed by atoms with E-state index in [1.54, 1.807) is 7.11 Å². The quantitative estimate of drug-likeness (QED) is 0.578. The highest BCUT2D eigenvalue weighted by atomic mass is 16.5. The van der Waals surface area contributed by atoms with Gasteiger partial charge in [-0.3, -0.25) is 4.79 Å². The van der Waals surface area contributed by atoms with E-state index in [1.165, 1.54) is 24.0 Å². The number of carbonyl (C=O) groups excluding carboxylic acids is 1. The van der Waals surface area contributed by atoms with Gasteiger partial charge in [0.25, 0.3) is 5.91 Å². The molecule has 31 heavy (non-hydrogen) atoms. The van der Waals surface area contributed by atoms with E-state index in [0.717, 1.165) is 42.0 Å². The van der Waals surface area contributed by atoms with E-state index < -0.39 is 0 Å². The highest BCUT2D eigenvalue weighted by Crippen LogP contribution is 2.26. The van der Waals surface area contributed by atoms with Crippen molar-refractivity contribution < 1.29 is 9.53 Å². The van der Waals surface area contributed by atoms with E-state index in [9.17, 15) is 4.79 Å². The first-order valence-corrected chi connectivity index (χ1v) is 11.3. The largest absolute Gasteiger partial charge is 0.496 e. The zero-order chi connectivity index (χ0) is 22.4. The fourth-order valence-electron chi connectivity index (χ4n) is 4.66. The Hall–Kier alpha value is -2.59. The van der Waals surface area contributed by atoms with E-state index in [-0.39, 0.29) is 5.91 Å². The number of nitrogens with zero attached hydrogens (tertiary/aromatic N) is 2. The number of carbonyl (C=O) groups is 1. The van der Waals surface area contributed by atoms with Gasteiger partial charge in [-0.15, -0.1) is 0 Å². The van der Waals surface area contributed by atoms with E-state index in [2.05, 4.69) is 37.1 Å². The molecule has 0 saturated carbocycles. The molecule has 1 heterocycles.